The Morgan fingerprint density at radius 3 is 2.26 bits per heavy atom. The number of aromatic nitrogens is 4. The number of nitrogens with zero attached hydrogens (tertiary/aromatic N) is 9. The Morgan fingerprint density at radius 2 is 1.58 bits per heavy atom. The number of carbonyl (C=O) groups excluding carboxylic acids is 3. The molecule has 1 aromatic carbocycles. The zero-order valence-electron chi connectivity index (χ0n) is 30.7. The summed E-state index contributed by atoms with van der Waals surface area (Å²) in [6.45, 7) is 7.47. The maximum atomic E-state index is 13.1. The third kappa shape index (κ3) is 7.56. The van der Waals surface area contributed by atoms with Crippen molar-refractivity contribution in [2.45, 2.75) is 63.6 Å². The molecular weight excluding hydrogens is 671 g/mol. The maximum absolute atomic E-state index is 13.1. The van der Waals surface area contributed by atoms with E-state index in [0.717, 1.165) is 107 Å². The minimum Gasteiger partial charge on any atom is -0.368 e. The molecule has 8 rings (SSSR count). The van der Waals surface area contributed by atoms with Gasteiger partial charge in [-0.3, -0.25) is 29.6 Å². The summed E-state index contributed by atoms with van der Waals surface area (Å²) in [4.78, 5) is 61.7. The zero-order valence-corrected chi connectivity index (χ0v) is 30.7. The fourth-order valence-corrected chi connectivity index (χ4v) is 8.39. The Balaban J connectivity index is 0.818. The lowest BCUT2D eigenvalue weighted by molar-refractivity contribution is -0.120. The van der Waals surface area contributed by atoms with Crippen LogP contribution >= 0.6 is 0 Å². The first-order valence-corrected chi connectivity index (χ1v) is 19.0. The number of imide groups is 1. The van der Waals surface area contributed by atoms with Gasteiger partial charge in [0.05, 0.1) is 11.9 Å². The van der Waals surface area contributed by atoms with Crippen molar-refractivity contribution in [3.63, 3.8) is 0 Å². The number of amides is 4. The van der Waals surface area contributed by atoms with Gasteiger partial charge in [-0.25, -0.2) is 14.8 Å². The molecule has 4 fully saturated rings. The molecule has 0 bridgehead atoms. The number of carbonyl (C=O) groups is 3. The molecule has 2 N–H and O–H groups in total. The average Bonchev–Trinajstić information content (AvgIpc) is 3.84. The summed E-state index contributed by atoms with van der Waals surface area (Å²) in [6.07, 6.45) is 10.8. The second kappa shape index (κ2) is 15.1. The van der Waals surface area contributed by atoms with Gasteiger partial charge >= 0.3 is 6.03 Å². The van der Waals surface area contributed by atoms with Crippen LogP contribution in [0.25, 0.3) is 11.0 Å². The summed E-state index contributed by atoms with van der Waals surface area (Å²) in [6, 6.07) is 14.7. The first-order valence-electron chi connectivity index (χ1n) is 19.0. The van der Waals surface area contributed by atoms with E-state index in [1.807, 2.05) is 30.5 Å². The van der Waals surface area contributed by atoms with Crippen LogP contribution in [-0.4, -0.2) is 118 Å². The first kappa shape index (κ1) is 35.0. The van der Waals surface area contributed by atoms with E-state index in [0.29, 0.717) is 36.5 Å². The number of rotatable bonds is 9. The van der Waals surface area contributed by atoms with Crippen molar-refractivity contribution in [2.24, 2.45) is 0 Å². The fraction of sp³-hybridized carbons (Fsp3) is 0.487. The molecule has 1 saturated carbocycles. The number of likely N-dealkylation sites (tertiary alicyclic amines) is 1. The molecule has 278 valence electrons. The monoisotopic (exact) mass is 719 g/mol. The average molecular weight is 720 g/mol. The second-order valence-electron chi connectivity index (χ2n) is 15.0. The molecule has 0 radical (unpaired) electrons. The highest BCUT2D eigenvalue weighted by Crippen LogP contribution is 2.35. The van der Waals surface area contributed by atoms with Crippen molar-refractivity contribution < 1.29 is 14.4 Å². The Kier molecular flexibility index (Phi) is 9.97. The third-order valence-electron chi connectivity index (χ3n) is 11.3. The second-order valence-corrected chi connectivity index (χ2v) is 15.0. The number of hydrogen-bond acceptors (Lipinski definition) is 10. The number of urea groups is 1. The van der Waals surface area contributed by atoms with Gasteiger partial charge in [-0.2, -0.15) is 4.98 Å². The topological polar surface area (TPSA) is 135 Å². The van der Waals surface area contributed by atoms with E-state index in [1.165, 1.54) is 5.56 Å². The predicted molar refractivity (Wildman–Crippen MR) is 205 cm³/mol. The molecule has 3 aliphatic heterocycles. The van der Waals surface area contributed by atoms with Crippen LogP contribution < -0.4 is 20.4 Å². The molecule has 6 heterocycles. The van der Waals surface area contributed by atoms with Crippen molar-refractivity contribution >= 4 is 52.0 Å². The molecular formula is C39H49N11O3. The summed E-state index contributed by atoms with van der Waals surface area (Å²) in [5.41, 5.74) is 4.63. The molecule has 53 heavy (non-hydrogen) atoms. The standard InChI is InChI=1S/C39H49N11O3/c1-45(2)37(52)33-23-28-24-41-38(44-36(28)50(33)31-5-3-4-6-31)42-34-12-11-32(25-40-34)48-21-19-47(20-22-48)29-13-16-46(17-14-29)26-27-7-9-30(10-8-27)49-18-15-35(51)43-39(49)53/h7-12,23-25,29,31H,3-6,13-22,26H2,1-2H3,(H,43,51,53)(H,40,41,42,44). The van der Waals surface area contributed by atoms with E-state index >= 15 is 0 Å². The van der Waals surface area contributed by atoms with Crippen LogP contribution in [0.2, 0.25) is 0 Å². The maximum Gasteiger partial charge on any atom is 0.328 e. The summed E-state index contributed by atoms with van der Waals surface area (Å²) in [5, 5.41) is 6.56. The molecule has 1 aliphatic carbocycles. The van der Waals surface area contributed by atoms with Gasteiger partial charge in [-0.15, -0.1) is 0 Å². The van der Waals surface area contributed by atoms with Crippen LogP contribution in [0.1, 0.15) is 67.0 Å². The molecule has 14 nitrogen and oxygen atoms in total. The van der Waals surface area contributed by atoms with E-state index in [-0.39, 0.29) is 23.9 Å². The number of nitrogens with one attached hydrogen (secondary N) is 2. The van der Waals surface area contributed by atoms with Gasteiger partial charge < -0.3 is 19.7 Å². The van der Waals surface area contributed by atoms with Gasteiger partial charge in [0.1, 0.15) is 17.2 Å². The third-order valence-corrected chi connectivity index (χ3v) is 11.3. The number of benzene rings is 1. The van der Waals surface area contributed by atoms with Crippen LogP contribution in [0.15, 0.2) is 54.9 Å². The summed E-state index contributed by atoms with van der Waals surface area (Å²) in [5.74, 6) is 0.924. The number of pyridine rings is 1. The minimum atomic E-state index is -0.347. The number of piperidine rings is 1. The largest absolute Gasteiger partial charge is 0.368 e. The highest BCUT2D eigenvalue weighted by Gasteiger charge is 2.29. The van der Waals surface area contributed by atoms with Crippen LogP contribution in [0.5, 0.6) is 0 Å². The normalized spacial score (nSPS) is 19.6. The SMILES string of the molecule is CN(C)C(=O)c1cc2cnc(Nc3ccc(N4CCN(C5CCN(Cc6ccc(N7CCC(=O)NC7=O)cc6)CC5)CC4)cn3)nc2n1C1CCCC1. The van der Waals surface area contributed by atoms with Crippen LogP contribution in [-0.2, 0) is 11.3 Å². The number of anilines is 4. The molecule has 0 unspecified atom stereocenters. The molecule has 3 saturated heterocycles. The van der Waals surface area contributed by atoms with E-state index in [4.69, 9.17) is 9.97 Å². The molecule has 4 amide bonds. The van der Waals surface area contributed by atoms with Crippen molar-refractivity contribution in [2.75, 3.05) is 75.0 Å². The van der Waals surface area contributed by atoms with Crippen molar-refractivity contribution in [1.29, 1.82) is 0 Å². The summed E-state index contributed by atoms with van der Waals surface area (Å²) < 4.78 is 2.13. The van der Waals surface area contributed by atoms with Crippen molar-refractivity contribution in [3.8, 4) is 0 Å². The van der Waals surface area contributed by atoms with E-state index in [1.54, 1.807) is 30.1 Å². The van der Waals surface area contributed by atoms with Crippen LogP contribution in [0.3, 0.4) is 0 Å². The van der Waals surface area contributed by atoms with Crippen molar-refractivity contribution in [3.05, 3.63) is 66.1 Å². The molecule has 4 aliphatic rings. The highest BCUT2D eigenvalue weighted by molar-refractivity contribution is 6.05. The summed E-state index contributed by atoms with van der Waals surface area (Å²) >= 11 is 0. The van der Waals surface area contributed by atoms with Gasteiger partial charge in [0.2, 0.25) is 11.9 Å². The lowest BCUT2D eigenvalue weighted by Crippen LogP contribution is -2.53. The molecule has 4 aromatic rings. The molecule has 3 aromatic heterocycles. The number of fused-ring (bicyclic) bond motifs is 1. The number of hydrogen-bond donors (Lipinski definition) is 2. The van der Waals surface area contributed by atoms with E-state index in [9.17, 15) is 14.4 Å². The molecule has 0 spiro atoms. The molecule has 0 atom stereocenters. The molecule has 14 heteroatoms. The van der Waals surface area contributed by atoms with E-state index in [2.05, 4.69) is 53.1 Å². The van der Waals surface area contributed by atoms with E-state index < -0.39 is 0 Å². The Labute approximate surface area is 310 Å². The lowest BCUT2D eigenvalue weighted by Gasteiger charge is -2.43. The first-order chi connectivity index (χ1) is 25.8. The smallest absolute Gasteiger partial charge is 0.328 e. The zero-order chi connectivity index (χ0) is 36.5. The predicted octanol–water partition coefficient (Wildman–Crippen LogP) is 4.62. The Morgan fingerprint density at radius 1 is 0.849 bits per heavy atom. The van der Waals surface area contributed by atoms with Crippen molar-refractivity contribution in [1.82, 2.24) is 39.5 Å². The van der Waals surface area contributed by atoms with Gasteiger partial charge in [-0.1, -0.05) is 25.0 Å². The number of piperazine rings is 1. The minimum absolute atomic E-state index is 0.0173. The lowest BCUT2D eigenvalue weighted by atomic mass is 10.0. The Hall–Kier alpha value is -5.08. The highest BCUT2D eigenvalue weighted by atomic mass is 16.2. The van der Waals surface area contributed by atoms with Gasteiger partial charge in [0.25, 0.3) is 5.91 Å². The van der Waals surface area contributed by atoms with Gasteiger partial charge in [0, 0.05) is 89.1 Å². The summed E-state index contributed by atoms with van der Waals surface area (Å²) in [7, 11) is 3.57. The quantitative estimate of drug-likeness (QED) is 0.253. The van der Waals surface area contributed by atoms with Gasteiger partial charge in [-0.05, 0) is 74.7 Å². The van der Waals surface area contributed by atoms with Gasteiger partial charge in [0.15, 0.2) is 0 Å². The van der Waals surface area contributed by atoms with Crippen LogP contribution in [0, 0.1) is 0 Å². The Bertz CT molecular complexity index is 1940. The van der Waals surface area contributed by atoms with Crippen LogP contribution in [0.4, 0.5) is 27.9 Å². The fourth-order valence-electron chi connectivity index (χ4n) is 8.39.